The van der Waals surface area contributed by atoms with Crippen LogP contribution in [-0.4, -0.2) is 15.5 Å². The molecule has 4 nitrogen and oxygen atoms in total. The minimum Gasteiger partial charge on any atom is -0.354 e. The number of rotatable bonds is 5. The van der Waals surface area contributed by atoms with Crippen molar-refractivity contribution in [1.82, 2.24) is 9.55 Å². The van der Waals surface area contributed by atoms with Crippen molar-refractivity contribution in [2.45, 2.75) is 26.3 Å². The minimum absolute atomic E-state index is 0.0338. The molecule has 0 saturated carbocycles. The largest absolute Gasteiger partial charge is 0.354 e. The average molecular weight is 249 g/mol. The molecule has 5 heteroatoms. The van der Waals surface area contributed by atoms with Crippen LogP contribution in [0.5, 0.6) is 0 Å². The van der Waals surface area contributed by atoms with Gasteiger partial charge in [0, 0.05) is 30.7 Å². The molecule has 2 aromatic rings. The van der Waals surface area contributed by atoms with Gasteiger partial charge in [0.25, 0.3) is 0 Å². The van der Waals surface area contributed by atoms with E-state index in [1.54, 1.807) is 0 Å². The molecule has 2 heterocycles. The molecular formula is C12H15N3OS. The molecule has 0 radical (unpaired) electrons. The predicted molar refractivity (Wildman–Crippen MR) is 69.1 cm³/mol. The number of carbonyl (C=O) groups is 1. The number of hydrogen-bond donors (Lipinski definition) is 1. The fraction of sp³-hybridized carbons (Fsp3) is 0.333. The Morgan fingerprint density at radius 2 is 2.24 bits per heavy atom. The Bertz CT molecular complexity index is 476. The summed E-state index contributed by atoms with van der Waals surface area (Å²) >= 11 is 1.46. The highest BCUT2D eigenvalue weighted by molar-refractivity contribution is 7.13. The number of nitrogens with zero attached hydrogens (tertiary/aromatic N) is 2. The Balaban J connectivity index is 1.71. The van der Waals surface area contributed by atoms with E-state index in [9.17, 15) is 4.79 Å². The van der Waals surface area contributed by atoms with Gasteiger partial charge in [0.2, 0.25) is 5.91 Å². The van der Waals surface area contributed by atoms with Gasteiger partial charge in [-0.25, -0.2) is 4.98 Å². The smallest absolute Gasteiger partial charge is 0.226 e. The van der Waals surface area contributed by atoms with Gasteiger partial charge in [-0.05, 0) is 25.5 Å². The van der Waals surface area contributed by atoms with E-state index in [2.05, 4.69) is 14.9 Å². The molecule has 0 bridgehead atoms. The quantitative estimate of drug-likeness (QED) is 0.885. The first kappa shape index (κ1) is 11.9. The highest BCUT2D eigenvalue weighted by atomic mass is 32.1. The van der Waals surface area contributed by atoms with E-state index in [1.165, 1.54) is 11.3 Å². The molecule has 0 aliphatic heterocycles. The van der Waals surface area contributed by atoms with Crippen molar-refractivity contribution in [3.05, 3.63) is 35.6 Å². The number of hydrogen-bond acceptors (Lipinski definition) is 3. The number of aromatic nitrogens is 2. The van der Waals surface area contributed by atoms with Crippen molar-refractivity contribution in [3.63, 3.8) is 0 Å². The Labute approximate surface area is 104 Å². The van der Waals surface area contributed by atoms with Gasteiger partial charge in [-0.3, -0.25) is 4.79 Å². The van der Waals surface area contributed by atoms with Gasteiger partial charge in [0.15, 0.2) is 5.13 Å². The highest BCUT2D eigenvalue weighted by Gasteiger charge is 2.04. The molecular weight excluding hydrogens is 234 g/mol. The molecule has 0 aliphatic carbocycles. The third kappa shape index (κ3) is 3.71. The summed E-state index contributed by atoms with van der Waals surface area (Å²) < 4.78 is 2.07. The van der Waals surface area contributed by atoms with E-state index >= 15 is 0 Å². The van der Waals surface area contributed by atoms with Crippen LogP contribution in [0, 0.1) is 6.92 Å². The monoisotopic (exact) mass is 249 g/mol. The molecule has 1 N–H and O–H groups in total. The summed E-state index contributed by atoms with van der Waals surface area (Å²) in [5, 5.41) is 5.42. The molecule has 0 unspecified atom stereocenters. The summed E-state index contributed by atoms with van der Waals surface area (Å²) in [5.41, 5.74) is 0.942. The number of nitrogens with one attached hydrogen (secondary N) is 1. The lowest BCUT2D eigenvalue weighted by Crippen LogP contribution is -2.12. The average Bonchev–Trinajstić information content (AvgIpc) is 2.90. The summed E-state index contributed by atoms with van der Waals surface area (Å²) in [6.45, 7) is 2.79. The summed E-state index contributed by atoms with van der Waals surface area (Å²) in [4.78, 5) is 15.8. The zero-order valence-corrected chi connectivity index (χ0v) is 10.5. The Hall–Kier alpha value is -1.62. The Kier molecular flexibility index (Phi) is 3.93. The van der Waals surface area contributed by atoms with Crippen molar-refractivity contribution in [1.29, 1.82) is 0 Å². The normalized spacial score (nSPS) is 10.4. The van der Waals surface area contributed by atoms with E-state index in [0.29, 0.717) is 11.6 Å². The topological polar surface area (TPSA) is 46.9 Å². The van der Waals surface area contributed by atoms with Crippen LogP contribution < -0.4 is 5.32 Å². The van der Waals surface area contributed by atoms with Crippen LogP contribution >= 0.6 is 11.3 Å². The van der Waals surface area contributed by atoms with Gasteiger partial charge in [-0.15, -0.1) is 11.3 Å². The first-order valence-corrected chi connectivity index (χ1v) is 6.45. The highest BCUT2D eigenvalue weighted by Crippen LogP contribution is 2.14. The molecule has 2 aromatic heterocycles. The maximum atomic E-state index is 11.6. The molecule has 1 amide bonds. The van der Waals surface area contributed by atoms with Crippen molar-refractivity contribution in [2.75, 3.05) is 5.32 Å². The van der Waals surface area contributed by atoms with Gasteiger partial charge in [0.1, 0.15) is 0 Å². The van der Waals surface area contributed by atoms with Crippen LogP contribution in [0.1, 0.15) is 18.5 Å². The number of amides is 1. The van der Waals surface area contributed by atoms with Crippen LogP contribution in [0.4, 0.5) is 5.13 Å². The van der Waals surface area contributed by atoms with Crippen LogP contribution in [0.25, 0.3) is 0 Å². The third-order valence-electron chi connectivity index (χ3n) is 2.35. The molecule has 0 spiro atoms. The SMILES string of the molecule is Cc1csc(NC(=O)CCCn2cccc2)n1. The maximum absolute atomic E-state index is 11.6. The van der Waals surface area contributed by atoms with E-state index in [4.69, 9.17) is 0 Å². The Morgan fingerprint density at radius 1 is 1.47 bits per heavy atom. The molecule has 0 aromatic carbocycles. The molecule has 0 atom stereocenters. The van der Waals surface area contributed by atoms with E-state index in [1.807, 2.05) is 36.8 Å². The van der Waals surface area contributed by atoms with Gasteiger partial charge < -0.3 is 9.88 Å². The van der Waals surface area contributed by atoms with Crippen molar-refractivity contribution in [2.24, 2.45) is 0 Å². The lowest BCUT2D eigenvalue weighted by Gasteiger charge is -2.03. The fourth-order valence-corrected chi connectivity index (χ4v) is 2.24. The zero-order valence-electron chi connectivity index (χ0n) is 9.72. The molecule has 17 heavy (non-hydrogen) atoms. The van der Waals surface area contributed by atoms with Gasteiger partial charge in [-0.2, -0.15) is 0 Å². The predicted octanol–water partition coefficient (Wildman–Crippen LogP) is 2.67. The first-order chi connectivity index (χ1) is 8.24. The molecule has 0 aliphatic rings. The number of thiazole rings is 1. The summed E-state index contributed by atoms with van der Waals surface area (Å²) in [7, 11) is 0. The standard InChI is InChI=1S/C12H15N3OS/c1-10-9-17-12(13-10)14-11(16)5-4-8-15-6-2-3-7-15/h2-3,6-7,9H,4-5,8H2,1H3,(H,13,14,16). The van der Waals surface area contributed by atoms with E-state index < -0.39 is 0 Å². The van der Waals surface area contributed by atoms with Crippen LogP contribution in [0.3, 0.4) is 0 Å². The van der Waals surface area contributed by atoms with Crippen LogP contribution in [-0.2, 0) is 11.3 Å². The second kappa shape index (κ2) is 5.63. The van der Waals surface area contributed by atoms with Crippen molar-refractivity contribution >= 4 is 22.4 Å². The van der Waals surface area contributed by atoms with Crippen molar-refractivity contribution in [3.8, 4) is 0 Å². The third-order valence-corrected chi connectivity index (χ3v) is 3.23. The van der Waals surface area contributed by atoms with Gasteiger partial charge in [0.05, 0.1) is 5.69 Å². The number of carbonyl (C=O) groups excluding carboxylic acids is 1. The lowest BCUT2D eigenvalue weighted by atomic mass is 10.3. The summed E-state index contributed by atoms with van der Waals surface area (Å²) in [6.07, 6.45) is 5.37. The number of anilines is 1. The number of aryl methyl sites for hydroxylation is 2. The summed E-state index contributed by atoms with van der Waals surface area (Å²) in [6, 6.07) is 3.97. The second-order valence-corrected chi connectivity index (χ2v) is 4.72. The minimum atomic E-state index is 0.0338. The fourth-order valence-electron chi connectivity index (χ4n) is 1.53. The molecule has 2 rings (SSSR count). The van der Waals surface area contributed by atoms with E-state index in [-0.39, 0.29) is 5.91 Å². The molecule has 0 fully saturated rings. The van der Waals surface area contributed by atoms with Crippen molar-refractivity contribution < 1.29 is 4.79 Å². The van der Waals surface area contributed by atoms with E-state index in [0.717, 1.165) is 18.7 Å². The Morgan fingerprint density at radius 3 is 2.88 bits per heavy atom. The lowest BCUT2D eigenvalue weighted by molar-refractivity contribution is -0.116. The maximum Gasteiger partial charge on any atom is 0.226 e. The first-order valence-electron chi connectivity index (χ1n) is 5.57. The summed E-state index contributed by atoms with van der Waals surface area (Å²) in [5.74, 6) is 0.0338. The second-order valence-electron chi connectivity index (χ2n) is 3.87. The van der Waals surface area contributed by atoms with Crippen LogP contribution in [0.2, 0.25) is 0 Å². The molecule has 90 valence electrons. The van der Waals surface area contributed by atoms with Gasteiger partial charge >= 0.3 is 0 Å². The molecule has 0 saturated heterocycles. The zero-order chi connectivity index (χ0) is 12.1. The van der Waals surface area contributed by atoms with Gasteiger partial charge in [-0.1, -0.05) is 0 Å². The van der Waals surface area contributed by atoms with Crippen LogP contribution in [0.15, 0.2) is 29.9 Å².